The highest BCUT2D eigenvalue weighted by Gasteiger charge is 2.42. The first kappa shape index (κ1) is 18.6. The third-order valence-corrected chi connectivity index (χ3v) is 5.46. The van der Waals surface area contributed by atoms with Crippen molar-refractivity contribution < 1.29 is 17.6 Å². The smallest absolute Gasteiger partial charge is 0.354 e. The van der Waals surface area contributed by atoms with Gasteiger partial charge in [0.05, 0.1) is 22.5 Å². The second-order valence-electron chi connectivity index (χ2n) is 7.40. The molecular weight excluding hydrogens is 370 g/mol. The van der Waals surface area contributed by atoms with Crippen LogP contribution in [0.15, 0.2) is 36.4 Å². The first-order valence-corrected chi connectivity index (χ1v) is 9.23. The van der Waals surface area contributed by atoms with Gasteiger partial charge in [-0.3, -0.25) is 0 Å². The molecule has 0 radical (unpaired) electrons. The molecule has 3 nitrogen and oxygen atoms in total. The van der Waals surface area contributed by atoms with Gasteiger partial charge in [0.15, 0.2) is 0 Å². The number of allylic oxidation sites excluding steroid dienone is 2. The Balaban J connectivity index is 1.94. The minimum absolute atomic E-state index is 0.0939. The van der Waals surface area contributed by atoms with Crippen LogP contribution in [0.3, 0.4) is 0 Å². The average Bonchev–Trinajstić information content (AvgIpc) is 3.42. The maximum absolute atomic E-state index is 13.9. The van der Waals surface area contributed by atoms with Gasteiger partial charge in [0.2, 0.25) is 0 Å². The summed E-state index contributed by atoms with van der Waals surface area (Å²) in [6.07, 6.45) is 2.62. The van der Waals surface area contributed by atoms with E-state index in [0.29, 0.717) is 34.8 Å². The summed E-state index contributed by atoms with van der Waals surface area (Å²) < 4.78 is 56.2. The molecule has 0 N–H and O–H groups in total. The van der Waals surface area contributed by atoms with Crippen molar-refractivity contribution >= 4 is 16.6 Å². The van der Waals surface area contributed by atoms with Gasteiger partial charge in [0.1, 0.15) is 17.9 Å². The SMILES string of the molecule is C[C@H](N1CC=CC=C1c1c(C#N)c2ccc(F)cc2n1CC1CC1)C(F)(F)F. The Morgan fingerprint density at radius 2 is 2.04 bits per heavy atom. The number of aromatic nitrogens is 1. The summed E-state index contributed by atoms with van der Waals surface area (Å²) in [4.78, 5) is 1.26. The maximum Gasteiger partial charge on any atom is 0.408 e. The fraction of sp³-hybridized carbons (Fsp3) is 0.381. The van der Waals surface area contributed by atoms with Gasteiger partial charge in [-0.2, -0.15) is 18.4 Å². The van der Waals surface area contributed by atoms with Gasteiger partial charge in [-0.05, 0) is 50.0 Å². The zero-order valence-corrected chi connectivity index (χ0v) is 15.3. The van der Waals surface area contributed by atoms with Crippen LogP contribution in [0.2, 0.25) is 0 Å². The molecule has 28 heavy (non-hydrogen) atoms. The average molecular weight is 389 g/mol. The van der Waals surface area contributed by atoms with Gasteiger partial charge in [0, 0.05) is 18.5 Å². The maximum atomic E-state index is 13.9. The number of benzene rings is 1. The number of halogens is 4. The van der Waals surface area contributed by atoms with Gasteiger partial charge in [0.25, 0.3) is 0 Å². The molecule has 1 aromatic carbocycles. The van der Waals surface area contributed by atoms with Crippen molar-refractivity contribution in [3.8, 4) is 6.07 Å². The lowest BCUT2D eigenvalue weighted by atomic mass is 10.1. The van der Waals surface area contributed by atoms with E-state index in [1.165, 1.54) is 23.1 Å². The second-order valence-corrected chi connectivity index (χ2v) is 7.40. The summed E-state index contributed by atoms with van der Waals surface area (Å²) >= 11 is 0. The molecular formula is C21H19F4N3. The zero-order chi connectivity index (χ0) is 20.1. The van der Waals surface area contributed by atoms with E-state index in [1.807, 2.05) is 4.57 Å². The van der Waals surface area contributed by atoms with Crippen LogP contribution < -0.4 is 0 Å². The van der Waals surface area contributed by atoms with E-state index in [2.05, 4.69) is 6.07 Å². The fourth-order valence-corrected chi connectivity index (χ4v) is 3.74. The van der Waals surface area contributed by atoms with Crippen LogP contribution in [0.1, 0.15) is 31.0 Å². The molecule has 2 aliphatic rings. The third kappa shape index (κ3) is 3.17. The van der Waals surface area contributed by atoms with Crippen molar-refractivity contribution in [1.82, 2.24) is 9.47 Å². The van der Waals surface area contributed by atoms with E-state index >= 15 is 0 Å². The van der Waals surface area contributed by atoms with Crippen LogP contribution in [0, 0.1) is 23.1 Å². The van der Waals surface area contributed by atoms with Crippen molar-refractivity contribution in [3.05, 3.63) is 53.5 Å². The molecule has 1 aromatic heterocycles. The Kier molecular flexibility index (Phi) is 4.45. The van der Waals surface area contributed by atoms with Crippen molar-refractivity contribution in [3.63, 3.8) is 0 Å². The Bertz CT molecular complexity index is 1020. The van der Waals surface area contributed by atoms with Crippen LogP contribution in [0.25, 0.3) is 16.6 Å². The predicted molar refractivity (Wildman–Crippen MR) is 98.7 cm³/mol. The molecule has 2 aromatic rings. The minimum atomic E-state index is -4.41. The molecule has 0 amide bonds. The van der Waals surface area contributed by atoms with Crippen molar-refractivity contribution in [2.75, 3.05) is 6.54 Å². The van der Waals surface area contributed by atoms with E-state index in [1.54, 1.807) is 18.2 Å². The highest BCUT2D eigenvalue weighted by atomic mass is 19.4. The molecule has 0 unspecified atom stereocenters. The first-order valence-electron chi connectivity index (χ1n) is 9.23. The number of hydrogen-bond acceptors (Lipinski definition) is 2. The van der Waals surface area contributed by atoms with Crippen LogP contribution in [-0.2, 0) is 6.54 Å². The summed E-state index contributed by atoms with van der Waals surface area (Å²) in [5.41, 5.74) is 1.63. The fourth-order valence-electron chi connectivity index (χ4n) is 3.74. The van der Waals surface area contributed by atoms with E-state index < -0.39 is 18.0 Å². The normalized spacial score (nSPS) is 18.3. The van der Waals surface area contributed by atoms with Crippen molar-refractivity contribution in [1.29, 1.82) is 5.26 Å². The lowest BCUT2D eigenvalue weighted by Crippen LogP contribution is -2.43. The largest absolute Gasteiger partial charge is 0.408 e. The summed E-state index contributed by atoms with van der Waals surface area (Å²) in [7, 11) is 0. The van der Waals surface area contributed by atoms with Gasteiger partial charge in [-0.15, -0.1) is 0 Å². The molecule has 0 spiro atoms. The third-order valence-electron chi connectivity index (χ3n) is 5.46. The van der Waals surface area contributed by atoms with Crippen molar-refractivity contribution in [2.45, 2.75) is 38.5 Å². The number of rotatable bonds is 4. The summed E-state index contributed by atoms with van der Waals surface area (Å²) in [5, 5.41) is 10.4. The Labute approximate surface area is 160 Å². The lowest BCUT2D eigenvalue weighted by molar-refractivity contribution is -0.169. The molecule has 1 atom stereocenters. The standard InChI is InChI=1S/C21H19F4N3/c1-13(21(23,24)25)27-9-3-2-4-18(27)20-17(11-26)16-8-7-15(22)10-19(16)28(20)12-14-5-6-14/h2-4,7-8,10,13-14H,5-6,9,12H2,1H3/t13-/m0/s1. The second kappa shape index (κ2) is 6.69. The molecule has 7 heteroatoms. The first-order chi connectivity index (χ1) is 13.3. The summed E-state index contributed by atoms with van der Waals surface area (Å²) in [5.74, 6) is -0.0338. The predicted octanol–water partition coefficient (Wildman–Crippen LogP) is 5.23. The van der Waals surface area contributed by atoms with Gasteiger partial charge in [-0.1, -0.05) is 12.2 Å². The number of hydrogen-bond donors (Lipinski definition) is 0. The molecule has 1 fully saturated rings. The molecule has 0 saturated heterocycles. The highest BCUT2D eigenvalue weighted by molar-refractivity contribution is 5.93. The Morgan fingerprint density at radius 3 is 2.68 bits per heavy atom. The number of nitriles is 1. The van der Waals surface area contributed by atoms with Gasteiger partial charge < -0.3 is 9.47 Å². The molecule has 146 valence electrons. The lowest BCUT2D eigenvalue weighted by Gasteiger charge is -2.35. The quantitative estimate of drug-likeness (QED) is 0.671. The summed E-state index contributed by atoms with van der Waals surface area (Å²) in [6, 6.07) is 4.61. The highest BCUT2D eigenvalue weighted by Crippen LogP contribution is 2.40. The van der Waals surface area contributed by atoms with Crippen LogP contribution in [-0.4, -0.2) is 28.2 Å². The molecule has 1 saturated carbocycles. The number of nitrogens with zero attached hydrogens (tertiary/aromatic N) is 3. The van der Waals surface area contributed by atoms with E-state index in [9.17, 15) is 22.8 Å². The van der Waals surface area contributed by atoms with Gasteiger partial charge >= 0.3 is 6.18 Å². The van der Waals surface area contributed by atoms with E-state index in [-0.39, 0.29) is 12.1 Å². The molecule has 1 aliphatic carbocycles. The summed E-state index contributed by atoms with van der Waals surface area (Å²) in [6.45, 7) is 1.77. The number of alkyl halides is 3. The molecule has 1 aliphatic heterocycles. The monoisotopic (exact) mass is 389 g/mol. The number of fused-ring (bicyclic) bond motifs is 1. The van der Waals surface area contributed by atoms with Crippen LogP contribution in [0.4, 0.5) is 17.6 Å². The van der Waals surface area contributed by atoms with E-state index in [4.69, 9.17) is 0 Å². The van der Waals surface area contributed by atoms with Crippen LogP contribution >= 0.6 is 0 Å². The Hall–Kier alpha value is -2.75. The van der Waals surface area contributed by atoms with Crippen LogP contribution in [0.5, 0.6) is 0 Å². The van der Waals surface area contributed by atoms with E-state index in [0.717, 1.165) is 19.8 Å². The topological polar surface area (TPSA) is 32.0 Å². The van der Waals surface area contributed by atoms with Crippen molar-refractivity contribution in [2.24, 2.45) is 5.92 Å². The molecule has 0 bridgehead atoms. The Morgan fingerprint density at radius 1 is 1.29 bits per heavy atom. The molecule has 2 heterocycles. The zero-order valence-electron chi connectivity index (χ0n) is 15.3. The minimum Gasteiger partial charge on any atom is -0.354 e. The van der Waals surface area contributed by atoms with Gasteiger partial charge in [-0.25, -0.2) is 4.39 Å². The molecule has 4 rings (SSSR count).